The Balaban J connectivity index is 1.84. The number of nitrogens with one attached hydrogen (secondary N) is 1. The summed E-state index contributed by atoms with van der Waals surface area (Å²) >= 11 is 0. The smallest absolute Gasteiger partial charge is 0.230 e. The lowest BCUT2D eigenvalue weighted by atomic mass is 9.83. The molecule has 4 heterocycles. The third-order valence-corrected chi connectivity index (χ3v) is 5.79. The summed E-state index contributed by atoms with van der Waals surface area (Å²) in [5.74, 6) is 0.205. The monoisotopic (exact) mass is 439 g/mol. The molecule has 9 heteroatoms. The van der Waals surface area contributed by atoms with E-state index in [2.05, 4.69) is 31.7 Å². The summed E-state index contributed by atoms with van der Waals surface area (Å²) in [6, 6.07) is 13.2. The first-order valence-corrected chi connectivity index (χ1v) is 12.0. The Labute approximate surface area is 182 Å². The SMILES string of the molecule is CS(=O)(=O)Nc1cccc(C(C(c2cccnc2)c2cccnc2)N2CCOCC2)n1. The fourth-order valence-electron chi connectivity index (χ4n) is 3.96. The van der Waals surface area contributed by atoms with E-state index in [4.69, 9.17) is 9.72 Å². The number of morpholine rings is 1. The molecule has 3 aromatic heterocycles. The van der Waals surface area contributed by atoms with E-state index in [1.54, 1.807) is 18.5 Å². The van der Waals surface area contributed by atoms with Gasteiger partial charge in [-0.05, 0) is 35.4 Å². The highest BCUT2D eigenvalue weighted by molar-refractivity contribution is 7.92. The number of sulfonamides is 1. The van der Waals surface area contributed by atoms with E-state index in [-0.39, 0.29) is 12.0 Å². The summed E-state index contributed by atoms with van der Waals surface area (Å²) in [5.41, 5.74) is 2.85. The minimum atomic E-state index is -3.44. The van der Waals surface area contributed by atoms with Gasteiger partial charge in [-0.2, -0.15) is 0 Å². The lowest BCUT2D eigenvalue weighted by molar-refractivity contribution is 0.0115. The highest BCUT2D eigenvalue weighted by atomic mass is 32.2. The van der Waals surface area contributed by atoms with E-state index in [9.17, 15) is 8.42 Å². The van der Waals surface area contributed by atoms with E-state index >= 15 is 0 Å². The van der Waals surface area contributed by atoms with Crippen LogP contribution in [-0.4, -0.2) is 60.8 Å². The fourth-order valence-corrected chi connectivity index (χ4v) is 4.46. The van der Waals surface area contributed by atoms with Crippen LogP contribution in [0.1, 0.15) is 28.8 Å². The second-order valence-corrected chi connectivity index (χ2v) is 9.21. The van der Waals surface area contributed by atoms with E-state index in [0.717, 1.165) is 36.2 Å². The Morgan fingerprint density at radius 2 is 1.61 bits per heavy atom. The zero-order valence-corrected chi connectivity index (χ0v) is 18.1. The maximum absolute atomic E-state index is 11.8. The number of hydrogen-bond acceptors (Lipinski definition) is 7. The van der Waals surface area contributed by atoms with Gasteiger partial charge in [0.25, 0.3) is 0 Å². The number of hydrogen-bond donors (Lipinski definition) is 1. The van der Waals surface area contributed by atoms with Crippen molar-refractivity contribution in [1.29, 1.82) is 0 Å². The quantitative estimate of drug-likeness (QED) is 0.604. The van der Waals surface area contributed by atoms with Crippen molar-refractivity contribution >= 4 is 15.8 Å². The molecular weight excluding hydrogens is 414 g/mol. The van der Waals surface area contributed by atoms with E-state index < -0.39 is 10.0 Å². The van der Waals surface area contributed by atoms with Gasteiger partial charge in [0.2, 0.25) is 10.0 Å². The molecule has 8 nitrogen and oxygen atoms in total. The van der Waals surface area contributed by atoms with Gasteiger partial charge in [0.1, 0.15) is 5.82 Å². The molecule has 162 valence electrons. The molecule has 1 unspecified atom stereocenters. The number of anilines is 1. The number of pyridine rings is 3. The Morgan fingerprint density at radius 1 is 0.968 bits per heavy atom. The van der Waals surface area contributed by atoms with Crippen LogP contribution in [0.25, 0.3) is 0 Å². The number of ether oxygens (including phenoxy) is 1. The van der Waals surface area contributed by atoms with Crippen LogP contribution in [0.2, 0.25) is 0 Å². The highest BCUT2D eigenvalue weighted by Crippen LogP contribution is 2.40. The average Bonchev–Trinajstić information content (AvgIpc) is 2.78. The predicted molar refractivity (Wildman–Crippen MR) is 118 cm³/mol. The van der Waals surface area contributed by atoms with Gasteiger partial charge in [0.15, 0.2) is 0 Å². The zero-order valence-electron chi connectivity index (χ0n) is 17.3. The second-order valence-electron chi connectivity index (χ2n) is 7.47. The van der Waals surface area contributed by atoms with Gasteiger partial charge < -0.3 is 4.74 Å². The van der Waals surface area contributed by atoms with Crippen molar-refractivity contribution in [2.45, 2.75) is 12.0 Å². The summed E-state index contributed by atoms with van der Waals surface area (Å²) in [4.78, 5) is 15.7. The number of nitrogens with zero attached hydrogens (tertiary/aromatic N) is 4. The van der Waals surface area contributed by atoms with Gasteiger partial charge in [0.05, 0.1) is 31.2 Å². The minimum Gasteiger partial charge on any atom is -0.379 e. The van der Waals surface area contributed by atoms with Crippen LogP contribution in [0, 0.1) is 0 Å². The zero-order chi connectivity index (χ0) is 21.7. The number of rotatable bonds is 7. The molecule has 1 saturated heterocycles. The summed E-state index contributed by atoms with van der Waals surface area (Å²) in [7, 11) is -3.44. The highest BCUT2D eigenvalue weighted by Gasteiger charge is 2.34. The lowest BCUT2D eigenvalue weighted by Crippen LogP contribution is -2.42. The van der Waals surface area contributed by atoms with Crippen LogP contribution >= 0.6 is 0 Å². The third kappa shape index (κ3) is 5.43. The van der Waals surface area contributed by atoms with Crippen molar-refractivity contribution in [3.63, 3.8) is 0 Å². The predicted octanol–water partition coefficient (Wildman–Crippen LogP) is 2.45. The molecule has 0 aliphatic carbocycles. The maximum Gasteiger partial charge on any atom is 0.230 e. The van der Waals surface area contributed by atoms with Crippen LogP contribution in [0.15, 0.2) is 67.3 Å². The van der Waals surface area contributed by atoms with Crippen LogP contribution in [0.4, 0.5) is 5.82 Å². The minimum absolute atomic E-state index is 0.0958. The lowest BCUT2D eigenvalue weighted by Gasteiger charge is -2.39. The largest absolute Gasteiger partial charge is 0.379 e. The molecule has 0 saturated carbocycles. The molecule has 0 spiro atoms. The summed E-state index contributed by atoms with van der Waals surface area (Å²) in [6.07, 6.45) is 8.35. The molecule has 1 fully saturated rings. The maximum atomic E-state index is 11.8. The molecule has 1 atom stereocenters. The molecule has 1 aliphatic heterocycles. The Bertz CT molecular complexity index is 1050. The van der Waals surface area contributed by atoms with E-state index in [1.807, 2.05) is 36.7 Å². The molecule has 31 heavy (non-hydrogen) atoms. The van der Waals surface area contributed by atoms with Crippen molar-refractivity contribution in [2.75, 3.05) is 37.3 Å². The van der Waals surface area contributed by atoms with Crippen LogP contribution in [-0.2, 0) is 14.8 Å². The molecule has 0 radical (unpaired) electrons. The van der Waals surface area contributed by atoms with Crippen LogP contribution in [0.5, 0.6) is 0 Å². The molecule has 0 amide bonds. The van der Waals surface area contributed by atoms with Crippen LogP contribution < -0.4 is 4.72 Å². The van der Waals surface area contributed by atoms with Gasteiger partial charge >= 0.3 is 0 Å². The standard InChI is InChI=1S/C22H25N5O3S/c1-31(28,29)26-20-8-2-7-19(25-20)22(27-11-13-30-14-12-27)21(17-5-3-9-23-15-17)18-6-4-10-24-16-18/h2-10,15-16,21-22H,11-14H2,1H3,(H,25,26). The van der Waals surface area contributed by atoms with Gasteiger partial charge in [0, 0.05) is 43.8 Å². The molecule has 1 N–H and O–H groups in total. The Hall–Kier alpha value is -2.88. The first kappa shape index (κ1) is 21.4. The topological polar surface area (TPSA) is 97.3 Å². The second kappa shape index (κ2) is 9.51. The molecule has 0 bridgehead atoms. The first-order chi connectivity index (χ1) is 15.0. The normalized spacial score (nSPS) is 16.2. The Kier molecular flexibility index (Phi) is 6.55. The van der Waals surface area contributed by atoms with Gasteiger partial charge in [-0.25, -0.2) is 13.4 Å². The van der Waals surface area contributed by atoms with Crippen molar-refractivity contribution in [2.24, 2.45) is 0 Å². The molecule has 0 aromatic carbocycles. The third-order valence-electron chi connectivity index (χ3n) is 5.21. The van der Waals surface area contributed by atoms with Crippen molar-refractivity contribution < 1.29 is 13.2 Å². The van der Waals surface area contributed by atoms with Crippen LogP contribution in [0.3, 0.4) is 0 Å². The van der Waals surface area contributed by atoms with Crippen molar-refractivity contribution in [3.05, 3.63) is 84.1 Å². The molecule has 1 aliphatic rings. The van der Waals surface area contributed by atoms with E-state index in [0.29, 0.717) is 19.0 Å². The summed E-state index contributed by atoms with van der Waals surface area (Å²) in [5, 5.41) is 0. The molecule has 4 rings (SSSR count). The van der Waals surface area contributed by atoms with Crippen molar-refractivity contribution in [3.8, 4) is 0 Å². The van der Waals surface area contributed by atoms with Gasteiger partial charge in [-0.3, -0.25) is 19.6 Å². The van der Waals surface area contributed by atoms with Gasteiger partial charge in [-0.1, -0.05) is 18.2 Å². The molecule has 3 aromatic rings. The fraction of sp³-hybridized carbons (Fsp3) is 0.318. The summed E-state index contributed by atoms with van der Waals surface area (Å²) in [6.45, 7) is 2.75. The first-order valence-electron chi connectivity index (χ1n) is 10.1. The van der Waals surface area contributed by atoms with E-state index in [1.165, 1.54) is 0 Å². The summed E-state index contributed by atoms with van der Waals surface area (Å²) < 4.78 is 31.6. The van der Waals surface area contributed by atoms with Crippen molar-refractivity contribution in [1.82, 2.24) is 19.9 Å². The molecular formula is C22H25N5O3S. The van der Waals surface area contributed by atoms with Gasteiger partial charge in [-0.15, -0.1) is 0 Å². The average molecular weight is 440 g/mol. The number of aromatic nitrogens is 3. The Morgan fingerprint density at radius 3 is 2.16 bits per heavy atom.